The van der Waals surface area contributed by atoms with Crippen molar-refractivity contribution < 1.29 is 5.11 Å². The van der Waals surface area contributed by atoms with Gasteiger partial charge in [-0.2, -0.15) is 4.98 Å². The lowest BCUT2D eigenvalue weighted by Crippen LogP contribution is -2.50. The van der Waals surface area contributed by atoms with E-state index in [2.05, 4.69) is 9.97 Å². The van der Waals surface area contributed by atoms with Crippen molar-refractivity contribution in [3.8, 4) is 5.88 Å². The number of aromatic nitrogens is 2. The Balaban J connectivity index is 2.68. The molecule has 1 aromatic heterocycles. The van der Waals surface area contributed by atoms with E-state index in [1.165, 1.54) is 12.1 Å². The van der Waals surface area contributed by atoms with E-state index >= 15 is 0 Å². The highest BCUT2D eigenvalue weighted by Crippen LogP contribution is 2.32. The Morgan fingerprint density at radius 1 is 1.05 bits per heavy atom. The summed E-state index contributed by atoms with van der Waals surface area (Å²) in [5.74, 6) is -0.911. The summed E-state index contributed by atoms with van der Waals surface area (Å²) in [5, 5.41) is 9.52. The van der Waals surface area contributed by atoms with Crippen molar-refractivity contribution in [2.45, 2.75) is 5.66 Å². The molecule has 1 aromatic carbocycles. The first-order valence-corrected chi connectivity index (χ1v) is 5.77. The molecule has 14 N–H and O–H groups in total. The molecule has 0 spiro atoms. The van der Waals surface area contributed by atoms with E-state index in [9.17, 15) is 9.90 Å². The van der Waals surface area contributed by atoms with Crippen molar-refractivity contribution in [3.63, 3.8) is 0 Å². The van der Waals surface area contributed by atoms with Crippen molar-refractivity contribution in [2.24, 2.45) is 11.5 Å². The van der Waals surface area contributed by atoms with Gasteiger partial charge in [-0.1, -0.05) is 6.07 Å². The SMILES string of the molecule is Nc1ccc(C(N)(N)c2nc(O)c(N)c(=O)[nH]2)c(N)c1N. The Morgan fingerprint density at radius 2 is 1.67 bits per heavy atom. The van der Waals surface area contributed by atoms with Gasteiger partial charge in [0.25, 0.3) is 5.56 Å². The van der Waals surface area contributed by atoms with Crippen LogP contribution < -0.4 is 40.0 Å². The molecule has 2 rings (SSSR count). The number of aromatic amines is 1. The highest BCUT2D eigenvalue weighted by atomic mass is 16.3. The molecule has 21 heavy (non-hydrogen) atoms. The summed E-state index contributed by atoms with van der Waals surface area (Å²) in [6, 6.07) is 2.92. The lowest BCUT2D eigenvalue weighted by atomic mass is 9.97. The third-order valence-electron chi connectivity index (χ3n) is 3.09. The van der Waals surface area contributed by atoms with E-state index < -0.39 is 22.8 Å². The van der Waals surface area contributed by atoms with Crippen LogP contribution in [0.1, 0.15) is 11.4 Å². The van der Waals surface area contributed by atoms with Crippen molar-refractivity contribution in [1.82, 2.24) is 9.97 Å². The average molecular weight is 292 g/mol. The molecule has 0 atom stereocenters. The average Bonchev–Trinajstić information content (AvgIpc) is 2.41. The summed E-state index contributed by atoms with van der Waals surface area (Å²) in [7, 11) is 0. The zero-order valence-electron chi connectivity index (χ0n) is 10.9. The Morgan fingerprint density at radius 3 is 2.24 bits per heavy atom. The van der Waals surface area contributed by atoms with Gasteiger partial charge in [0, 0.05) is 5.56 Å². The summed E-state index contributed by atoms with van der Waals surface area (Å²) < 4.78 is 0. The van der Waals surface area contributed by atoms with Gasteiger partial charge >= 0.3 is 0 Å². The van der Waals surface area contributed by atoms with Gasteiger partial charge < -0.3 is 44.5 Å². The van der Waals surface area contributed by atoms with Crippen molar-refractivity contribution in [2.75, 3.05) is 22.9 Å². The number of nitrogens with two attached hydrogens (primary N) is 6. The fourth-order valence-corrected chi connectivity index (χ4v) is 1.81. The minimum atomic E-state index is -1.81. The van der Waals surface area contributed by atoms with Crippen molar-refractivity contribution >= 4 is 22.7 Å². The Bertz CT molecular complexity index is 768. The maximum Gasteiger partial charge on any atom is 0.278 e. The number of aromatic hydroxyl groups is 1. The second-order valence-electron chi connectivity index (χ2n) is 4.55. The van der Waals surface area contributed by atoms with Crippen molar-refractivity contribution in [3.05, 3.63) is 33.9 Å². The molecule has 0 amide bonds. The first-order chi connectivity index (χ1) is 9.66. The second kappa shape index (κ2) is 4.54. The quantitative estimate of drug-likeness (QED) is 0.224. The van der Waals surface area contributed by atoms with Gasteiger partial charge in [0.05, 0.1) is 17.1 Å². The highest BCUT2D eigenvalue weighted by Gasteiger charge is 2.31. The lowest BCUT2D eigenvalue weighted by Gasteiger charge is -2.26. The van der Waals surface area contributed by atoms with Gasteiger partial charge in [-0.25, -0.2) is 0 Å². The van der Waals surface area contributed by atoms with Gasteiger partial charge in [-0.05, 0) is 6.07 Å². The van der Waals surface area contributed by atoms with Crippen LogP contribution in [0.2, 0.25) is 0 Å². The topological polar surface area (TPSA) is 222 Å². The second-order valence-corrected chi connectivity index (χ2v) is 4.55. The van der Waals surface area contributed by atoms with E-state index in [0.717, 1.165) is 0 Å². The van der Waals surface area contributed by atoms with Crippen LogP contribution in [0.5, 0.6) is 5.88 Å². The molecule has 0 unspecified atom stereocenters. The minimum Gasteiger partial charge on any atom is -0.492 e. The molecule has 0 radical (unpaired) electrons. The number of H-pyrrole nitrogens is 1. The maximum absolute atomic E-state index is 11.6. The zero-order chi connectivity index (χ0) is 15.9. The molecule has 0 bridgehead atoms. The molecule has 1 heterocycles. The summed E-state index contributed by atoms with van der Waals surface area (Å²) in [6.07, 6.45) is 0. The Kier molecular flexibility index (Phi) is 3.12. The summed E-state index contributed by atoms with van der Waals surface area (Å²) >= 11 is 0. The van der Waals surface area contributed by atoms with E-state index in [1.807, 2.05) is 0 Å². The van der Waals surface area contributed by atoms with Crippen LogP contribution in [0.25, 0.3) is 0 Å². The molecule has 0 aliphatic carbocycles. The first kappa shape index (κ1) is 14.4. The summed E-state index contributed by atoms with van der Waals surface area (Å²) in [6.45, 7) is 0. The van der Waals surface area contributed by atoms with Crippen LogP contribution in [0, 0.1) is 0 Å². The molecule has 2 aromatic rings. The standard InChI is InChI=1S/C11H16N8O2/c12-4-2-1-3(5(13)6(4)14)11(16,17)10-18-8(20)7(15)9(21)19-10/h1-2H,12-17H2,(H2,18,19,20,21). The van der Waals surface area contributed by atoms with Crippen LogP contribution in [-0.4, -0.2) is 15.1 Å². The number of hydrogen-bond acceptors (Lipinski definition) is 9. The maximum atomic E-state index is 11.6. The molecular formula is C11H16N8O2. The number of nitrogens with one attached hydrogen (secondary N) is 1. The smallest absolute Gasteiger partial charge is 0.278 e. The number of hydrogen-bond donors (Lipinski definition) is 8. The molecule has 0 aliphatic rings. The van der Waals surface area contributed by atoms with Gasteiger partial charge in [-0.15, -0.1) is 0 Å². The van der Waals surface area contributed by atoms with E-state index in [-0.39, 0.29) is 28.5 Å². The number of benzene rings is 1. The van der Waals surface area contributed by atoms with Crippen LogP contribution in [0.4, 0.5) is 22.7 Å². The predicted molar refractivity (Wildman–Crippen MR) is 79.8 cm³/mol. The number of nitrogen functional groups attached to an aromatic ring is 4. The normalized spacial score (nSPS) is 11.5. The molecule has 0 saturated heterocycles. The van der Waals surface area contributed by atoms with Gasteiger partial charge in [0.1, 0.15) is 0 Å². The fraction of sp³-hybridized carbons (Fsp3) is 0.0909. The summed E-state index contributed by atoms with van der Waals surface area (Å²) in [5.41, 5.74) is 32.0. The molecule has 10 heteroatoms. The molecular weight excluding hydrogens is 276 g/mol. The first-order valence-electron chi connectivity index (χ1n) is 5.77. The fourth-order valence-electron chi connectivity index (χ4n) is 1.81. The number of anilines is 4. The molecule has 0 aliphatic heterocycles. The zero-order valence-corrected chi connectivity index (χ0v) is 10.9. The van der Waals surface area contributed by atoms with Crippen molar-refractivity contribution in [1.29, 1.82) is 0 Å². The largest absolute Gasteiger partial charge is 0.492 e. The van der Waals surface area contributed by atoms with Crippen LogP contribution >= 0.6 is 0 Å². The third-order valence-corrected chi connectivity index (χ3v) is 3.09. The van der Waals surface area contributed by atoms with Crippen LogP contribution in [0.3, 0.4) is 0 Å². The Labute approximate surface area is 118 Å². The third kappa shape index (κ3) is 2.17. The molecule has 0 saturated carbocycles. The summed E-state index contributed by atoms with van der Waals surface area (Å²) in [4.78, 5) is 17.5. The van der Waals surface area contributed by atoms with Gasteiger partial charge in [-0.3, -0.25) is 4.79 Å². The predicted octanol–water partition coefficient (Wildman–Crippen LogP) is -2.08. The van der Waals surface area contributed by atoms with E-state index in [0.29, 0.717) is 0 Å². The number of rotatable bonds is 2. The molecule has 0 fully saturated rings. The lowest BCUT2D eigenvalue weighted by molar-refractivity contribution is 0.436. The Hall–Kier alpha value is -2.98. The van der Waals surface area contributed by atoms with E-state index in [4.69, 9.17) is 34.4 Å². The monoisotopic (exact) mass is 292 g/mol. The highest BCUT2D eigenvalue weighted by molar-refractivity contribution is 5.80. The number of nitrogens with zero attached hydrogens (tertiary/aromatic N) is 1. The minimum absolute atomic E-state index is 0.0546. The van der Waals surface area contributed by atoms with Crippen LogP contribution in [0.15, 0.2) is 16.9 Å². The molecule has 112 valence electrons. The van der Waals surface area contributed by atoms with Gasteiger partial charge in [0.2, 0.25) is 5.88 Å². The van der Waals surface area contributed by atoms with Gasteiger partial charge in [0.15, 0.2) is 17.2 Å². The molecule has 10 nitrogen and oxygen atoms in total. The van der Waals surface area contributed by atoms with Crippen LogP contribution in [-0.2, 0) is 5.66 Å². The van der Waals surface area contributed by atoms with E-state index in [1.54, 1.807) is 0 Å².